The Morgan fingerprint density at radius 2 is 1.89 bits per heavy atom. The largest absolute Gasteiger partial charge is 0.396 e. The van der Waals surface area contributed by atoms with Crippen LogP contribution in [-0.4, -0.2) is 23.2 Å². The van der Waals surface area contributed by atoms with Crippen molar-refractivity contribution in [2.45, 2.75) is 64.3 Å². The monoisotopic (exact) mass is 265 g/mol. The maximum Gasteiger partial charge on any atom is 0.222 e. The van der Waals surface area contributed by atoms with Gasteiger partial charge >= 0.3 is 0 Å². The molecule has 2 atom stereocenters. The summed E-state index contributed by atoms with van der Waals surface area (Å²) in [5.74, 6) is 2.40. The number of rotatable bonds is 4. The molecule has 4 bridgehead atoms. The van der Waals surface area contributed by atoms with E-state index >= 15 is 0 Å². The molecule has 0 aliphatic heterocycles. The van der Waals surface area contributed by atoms with E-state index in [4.69, 9.17) is 5.11 Å². The molecule has 4 aliphatic rings. The average Bonchev–Trinajstić information content (AvgIpc) is 2.25. The molecule has 0 aromatic heterocycles. The number of nitrogens with one attached hydrogen (secondary N) is 1. The van der Waals surface area contributed by atoms with Gasteiger partial charge in [0, 0.05) is 12.0 Å². The zero-order chi connectivity index (χ0) is 13.7. The molecule has 2 N–H and O–H groups in total. The van der Waals surface area contributed by atoms with Gasteiger partial charge in [-0.05, 0) is 61.7 Å². The first kappa shape index (κ1) is 13.4. The van der Waals surface area contributed by atoms with Gasteiger partial charge in [0.2, 0.25) is 5.91 Å². The van der Waals surface area contributed by atoms with Crippen LogP contribution in [0.3, 0.4) is 0 Å². The van der Waals surface area contributed by atoms with E-state index in [-0.39, 0.29) is 24.5 Å². The van der Waals surface area contributed by atoms with Crippen molar-refractivity contribution in [3.8, 4) is 0 Å². The smallest absolute Gasteiger partial charge is 0.222 e. The van der Waals surface area contributed by atoms with Crippen LogP contribution in [0.25, 0.3) is 0 Å². The number of hydrogen-bond acceptors (Lipinski definition) is 2. The lowest BCUT2D eigenvalue weighted by Gasteiger charge is -2.63. The SMILES string of the molecule is CC(C)C12CC3CC(CC(NC(=O)CCO)(C3)C1)C2. The Bertz CT molecular complexity index is 363. The minimum atomic E-state index is -0.0376. The highest BCUT2D eigenvalue weighted by atomic mass is 16.3. The van der Waals surface area contributed by atoms with Gasteiger partial charge in [0.15, 0.2) is 0 Å². The highest BCUT2D eigenvalue weighted by Crippen LogP contribution is 2.64. The molecular weight excluding hydrogens is 238 g/mol. The van der Waals surface area contributed by atoms with Crippen LogP contribution in [-0.2, 0) is 4.79 Å². The lowest BCUT2D eigenvalue weighted by molar-refractivity contribution is -0.135. The fraction of sp³-hybridized carbons (Fsp3) is 0.938. The van der Waals surface area contributed by atoms with E-state index in [1.165, 1.54) is 38.5 Å². The van der Waals surface area contributed by atoms with Crippen molar-refractivity contribution in [3.63, 3.8) is 0 Å². The van der Waals surface area contributed by atoms with Crippen LogP contribution in [0.4, 0.5) is 0 Å². The number of aliphatic hydroxyl groups is 1. The van der Waals surface area contributed by atoms with E-state index < -0.39 is 0 Å². The first-order valence-corrected chi connectivity index (χ1v) is 7.89. The second kappa shape index (κ2) is 4.47. The summed E-state index contributed by atoms with van der Waals surface area (Å²) in [6.07, 6.45) is 7.90. The van der Waals surface area contributed by atoms with Gasteiger partial charge in [0.05, 0.1) is 6.61 Å². The summed E-state index contributed by atoms with van der Waals surface area (Å²) in [5, 5.41) is 12.2. The number of aliphatic hydroxyl groups excluding tert-OH is 1. The van der Waals surface area contributed by atoms with Gasteiger partial charge in [-0.25, -0.2) is 0 Å². The van der Waals surface area contributed by atoms with Gasteiger partial charge in [0.25, 0.3) is 0 Å². The minimum absolute atomic E-state index is 0.0376. The van der Waals surface area contributed by atoms with Gasteiger partial charge in [-0.2, -0.15) is 0 Å². The molecule has 4 fully saturated rings. The first-order chi connectivity index (χ1) is 8.97. The van der Waals surface area contributed by atoms with Crippen LogP contribution in [0.1, 0.15) is 58.8 Å². The van der Waals surface area contributed by atoms with Crippen molar-refractivity contribution in [2.24, 2.45) is 23.2 Å². The second-order valence-electron chi connectivity index (χ2n) is 7.78. The summed E-state index contributed by atoms with van der Waals surface area (Å²) < 4.78 is 0. The molecule has 3 nitrogen and oxygen atoms in total. The third-order valence-corrected chi connectivity index (χ3v) is 6.07. The predicted octanol–water partition coefficient (Wildman–Crippen LogP) is 2.48. The molecule has 4 saturated carbocycles. The highest BCUT2D eigenvalue weighted by Gasteiger charge is 2.58. The van der Waals surface area contributed by atoms with Gasteiger partial charge in [0.1, 0.15) is 0 Å². The summed E-state index contributed by atoms with van der Waals surface area (Å²) in [5.41, 5.74) is 0.525. The van der Waals surface area contributed by atoms with E-state index in [0.29, 0.717) is 11.3 Å². The Morgan fingerprint density at radius 1 is 1.26 bits per heavy atom. The van der Waals surface area contributed by atoms with Crippen molar-refractivity contribution in [1.29, 1.82) is 0 Å². The van der Waals surface area contributed by atoms with Crippen molar-refractivity contribution in [2.75, 3.05) is 6.61 Å². The Hall–Kier alpha value is -0.570. The Kier molecular flexibility index (Phi) is 3.16. The molecule has 0 radical (unpaired) electrons. The summed E-state index contributed by atoms with van der Waals surface area (Å²) >= 11 is 0. The Labute approximate surface area is 116 Å². The lowest BCUT2D eigenvalue weighted by Crippen LogP contribution is -2.64. The molecule has 0 heterocycles. The zero-order valence-electron chi connectivity index (χ0n) is 12.2. The predicted molar refractivity (Wildman–Crippen MR) is 74.5 cm³/mol. The topological polar surface area (TPSA) is 49.3 Å². The van der Waals surface area contributed by atoms with E-state index in [0.717, 1.165) is 11.8 Å². The molecular formula is C16H27NO2. The van der Waals surface area contributed by atoms with Crippen molar-refractivity contribution >= 4 is 5.91 Å². The van der Waals surface area contributed by atoms with Gasteiger partial charge in [-0.1, -0.05) is 13.8 Å². The summed E-state index contributed by atoms with van der Waals surface area (Å²) in [6, 6.07) is 0. The summed E-state index contributed by atoms with van der Waals surface area (Å²) in [7, 11) is 0. The molecule has 0 aromatic rings. The van der Waals surface area contributed by atoms with Gasteiger partial charge in [-0.3, -0.25) is 4.79 Å². The zero-order valence-corrected chi connectivity index (χ0v) is 12.2. The quantitative estimate of drug-likeness (QED) is 0.820. The van der Waals surface area contributed by atoms with E-state index in [1.54, 1.807) is 0 Å². The molecule has 108 valence electrons. The third-order valence-electron chi connectivity index (χ3n) is 6.07. The molecule has 4 rings (SSSR count). The average molecular weight is 265 g/mol. The number of amides is 1. The van der Waals surface area contributed by atoms with Crippen molar-refractivity contribution in [3.05, 3.63) is 0 Å². The van der Waals surface area contributed by atoms with Gasteiger partial charge in [-0.15, -0.1) is 0 Å². The standard InChI is InChI=1S/C16H27NO2/c1-11(2)15-6-12-5-13(7-15)9-16(8-12,10-15)17-14(19)3-4-18/h11-13,18H,3-10H2,1-2H3,(H,17,19). The fourth-order valence-electron chi connectivity index (χ4n) is 5.61. The summed E-state index contributed by atoms with van der Waals surface area (Å²) in [6.45, 7) is 4.68. The second-order valence-corrected chi connectivity index (χ2v) is 7.78. The normalized spacial score (nSPS) is 43.8. The maximum absolute atomic E-state index is 11.9. The minimum Gasteiger partial charge on any atom is -0.396 e. The number of carbonyl (C=O) groups excluding carboxylic acids is 1. The Balaban J connectivity index is 1.81. The highest BCUT2D eigenvalue weighted by molar-refractivity contribution is 5.77. The number of hydrogen-bond donors (Lipinski definition) is 2. The molecule has 0 aromatic carbocycles. The van der Waals surface area contributed by atoms with Crippen LogP contribution >= 0.6 is 0 Å². The van der Waals surface area contributed by atoms with Crippen LogP contribution in [0.5, 0.6) is 0 Å². The lowest BCUT2D eigenvalue weighted by atomic mass is 9.44. The van der Waals surface area contributed by atoms with E-state index in [9.17, 15) is 4.79 Å². The molecule has 4 aliphatic carbocycles. The van der Waals surface area contributed by atoms with Crippen LogP contribution in [0.2, 0.25) is 0 Å². The van der Waals surface area contributed by atoms with Crippen LogP contribution in [0.15, 0.2) is 0 Å². The van der Waals surface area contributed by atoms with Gasteiger partial charge < -0.3 is 10.4 Å². The molecule has 0 saturated heterocycles. The molecule has 1 amide bonds. The maximum atomic E-state index is 11.9. The van der Waals surface area contributed by atoms with Crippen LogP contribution in [0, 0.1) is 23.2 Å². The third kappa shape index (κ3) is 2.20. The van der Waals surface area contributed by atoms with Crippen molar-refractivity contribution < 1.29 is 9.90 Å². The first-order valence-electron chi connectivity index (χ1n) is 7.89. The number of carbonyl (C=O) groups is 1. The molecule has 19 heavy (non-hydrogen) atoms. The van der Waals surface area contributed by atoms with Crippen LogP contribution < -0.4 is 5.32 Å². The molecule has 3 heteroatoms. The summed E-state index contributed by atoms with van der Waals surface area (Å²) in [4.78, 5) is 11.9. The Morgan fingerprint density at radius 3 is 2.42 bits per heavy atom. The molecule has 2 unspecified atom stereocenters. The molecule has 0 spiro atoms. The van der Waals surface area contributed by atoms with E-state index in [2.05, 4.69) is 19.2 Å². The fourth-order valence-corrected chi connectivity index (χ4v) is 5.61. The van der Waals surface area contributed by atoms with E-state index in [1.807, 2.05) is 0 Å². The van der Waals surface area contributed by atoms with Crippen molar-refractivity contribution in [1.82, 2.24) is 5.32 Å².